The minimum Gasteiger partial charge on any atom is -0.451 e. The number of ketones is 1. The molecule has 0 aromatic heterocycles. The number of alkyl halides is 3. The highest BCUT2D eigenvalue weighted by Gasteiger charge is 2.40. The fourth-order valence-electron chi connectivity index (χ4n) is 1.38. The summed E-state index contributed by atoms with van der Waals surface area (Å²) in [6.07, 6.45) is -8.22. The fraction of sp³-hybridized carbons (Fsp3) is 0.692. The highest BCUT2D eigenvalue weighted by atomic mass is 19.4. The molecule has 0 fully saturated rings. The van der Waals surface area contributed by atoms with Crippen molar-refractivity contribution in [3.05, 3.63) is 5.53 Å². The third-order valence-electron chi connectivity index (χ3n) is 2.96. The van der Waals surface area contributed by atoms with Crippen LogP contribution in [-0.2, 0) is 23.9 Å². The second-order valence-electron chi connectivity index (χ2n) is 4.81. The van der Waals surface area contributed by atoms with Crippen LogP contribution >= 0.6 is 0 Å². The van der Waals surface area contributed by atoms with Crippen molar-refractivity contribution in [1.29, 1.82) is 0 Å². The standard InChI is InChI=1S/C13H18F3N3O5/c1-7(23-3)11(21)19-10(5-4-9(20)6-18-17)12(22)24-8(2)13(14,15)16/h6-8,10H,4-5H2,1-3H3,(H,19,21)/t7-,8+,10+/m1/s1. The molecule has 24 heavy (non-hydrogen) atoms. The van der Waals surface area contributed by atoms with E-state index in [4.69, 9.17) is 10.3 Å². The van der Waals surface area contributed by atoms with Crippen LogP contribution in [0.15, 0.2) is 0 Å². The lowest BCUT2D eigenvalue weighted by molar-refractivity contribution is -0.217. The van der Waals surface area contributed by atoms with Gasteiger partial charge in [-0.2, -0.15) is 18.0 Å². The van der Waals surface area contributed by atoms with E-state index >= 15 is 0 Å². The first-order valence-corrected chi connectivity index (χ1v) is 6.83. The molecule has 0 aliphatic carbocycles. The first-order chi connectivity index (χ1) is 11.0. The van der Waals surface area contributed by atoms with E-state index in [1.54, 1.807) is 0 Å². The SMILES string of the molecule is CO[C@H](C)C(=O)N[C@@H](CCC(=O)C=[N+]=[N-])C(=O)O[C@@H](C)C(F)(F)F. The highest BCUT2D eigenvalue weighted by Crippen LogP contribution is 2.23. The molecule has 11 heteroatoms. The monoisotopic (exact) mass is 353 g/mol. The van der Waals surface area contributed by atoms with E-state index in [1.165, 1.54) is 14.0 Å². The van der Waals surface area contributed by atoms with Crippen LogP contribution in [0.2, 0.25) is 0 Å². The molecule has 0 saturated heterocycles. The molecule has 0 heterocycles. The molecule has 1 N–H and O–H groups in total. The van der Waals surface area contributed by atoms with Gasteiger partial charge in [-0.25, -0.2) is 4.79 Å². The van der Waals surface area contributed by atoms with Crippen LogP contribution in [0.5, 0.6) is 0 Å². The number of halogens is 3. The molecule has 0 unspecified atom stereocenters. The van der Waals surface area contributed by atoms with Crippen LogP contribution in [0, 0.1) is 0 Å². The minimum atomic E-state index is -4.76. The van der Waals surface area contributed by atoms with Gasteiger partial charge in [0.25, 0.3) is 0 Å². The molecule has 1 amide bonds. The lowest BCUT2D eigenvalue weighted by Crippen LogP contribution is -2.47. The largest absolute Gasteiger partial charge is 0.451 e. The van der Waals surface area contributed by atoms with Gasteiger partial charge in [0.2, 0.25) is 11.7 Å². The summed E-state index contributed by atoms with van der Waals surface area (Å²) in [7, 11) is 1.23. The van der Waals surface area contributed by atoms with Crippen LogP contribution < -0.4 is 5.32 Å². The van der Waals surface area contributed by atoms with E-state index in [1.807, 2.05) is 0 Å². The molecule has 0 aromatic rings. The number of nitrogens with one attached hydrogen (secondary N) is 1. The Morgan fingerprint density at radius 2 is 1.88 bits per heavy atom. The van der Waals surface area contributed by atoms with Gasteiger partial charge < -0.3 is 20.3 Å². The molecule has 3 atom stereocenters. The van der Waals surface area contributed by atoms with E-state index < -0.39 is 42.1 Å². The predicted molar refractivity (Wildman–Crippen MR) is 73.9 cm³/mol. The second kappa shape index (κ2) is 9.78. The maximum Gasteiger partial charge on any atom is 0.425 e. The summed E-state index contributed by atoms with van der Waals surface area (Å²) in [5.74, 6) is -2.79. The highest BCUT2D eigenvalue weighted by molar-refractivity contribution is 6.25. The third kappa shape index (κ3) is 7.84. The van der Waals surface area contributed by atoms with Gasteiger partial charge in [0.15, 0.2) is 6.10 Å². The normalized spacial score (nSPS) is 14.8. The van der Waals surface area contributed by atoms with Crippen LogP contribution in [0.3, 0.4) is 0 Å². The summed E-state index contributed by atoms with van der Waals surface area (Å²) in [6, 6.07) is -1.49. The van der Waals surface area contributed by atoms with Crippen LogP contribution in [0.4, 0.5) is 13.2 Å². The number of hydrogen-bond acceptors (Lipinski definition) is 5. The third-order valence-corrected chi connectivity index (χ3v) is 2.96. The number of nitrogens with zero attached hydrogens (tertiary/aromatic N) is 2. The summed E-state index contributed by atoms with van der Waals surface area (Å²) in [6.45, 7) is 2.00. The predicted octanol–water partition coefficient (Wildman–Crippen LogP) is 0.650. The Kier molecular flexibility index (Phi) is 8.86. The molecule has 136 valence electrons. The number of rotatable bonds is 9. The van der Waals surface area contributed by atoms with Gasteiger partial charge in [-0.3, -0.25) is 9.59 Å². The first kappa shape index (κ1) is 21.7. The molecule has 0 aliphatic heterocycles. The van der Waals surface area contributed by atoms with Crippen molar-refractivity contribution in [1.82, 2.24) is 5.32 Å². The molecule has 0 saturated carbocycles. The Labute approximate surface area is 135 Å². The van der Waals surface area contributed by atoms with Crippen molar-refractivity contribution in [3.8, 4) is 0 Å². The zero-order valence-corrected chi connectivity index (χ0v) is 13.3. The molecular weight excluding hydrogens is 335 g/mol. The number of esters is 1. The zero-order valence-electron chi connectivity index (χ0n) is 13.3. The van der Waals surface area contributed by atoms with Gasteiger partial charge in [-0.15, -0.1) is 0 Å². The summed E-state index contributed by atoms with van der Waals surface area (Å²) in [5.41, 5.74) is 8.22. The smallest absolute Gasteiger partial charge is 0.425 e. The molecular formula is C13H18F3N3O5. The summed E-state index contributed by atoms with van der Waals surface area (Å²) in [4.78, 5) is 37.3. The van der Waals surface area contributed by atoms with Crippen LogP contribution in [0.25, 0.3) is 5.53 Å². The van der Waals surface area contributed by atoms with Crippen molar-refractivity contribution >= 4 is 23.9 Å². The topological polar surface area (TPSA) is 118 Å². The molecule has 8 nitrogen and oxygen atoms in total. The van der Waals surface area contributed by atoms with Crippen molar-refractivity contribution in [2.24, 2.45) is 0 Å². The van der Waals surface area contributed by atoms with Crippen LogP contribution in [-0.4, -0.2) is 60.2 Å². The van der Waals surface area contributed by atoms with E-state index in [0.29, 0.717) is 13.1 Å². The van der Waals surface area contributed by atoms with Gasteiger partial charge in [0.05, 0.1) is 0 Å². The fourth-order valence-corrected chi connectivity index (χ4v) is 1.38. The van der Waals surface area contributed by atoms with Gasteiger partial charge in [0.1, 0.15) is 12.1 Å². The van der Waals surface area contributed by atoms with Gasteiger partial charge in [-0.05, 0) is 20.3 Å². The van der Waals surface area contributed by atoms with Gasteiger partial charge in [0, 0.05) is 13.5 Å². The molecule has 0 rings (SSSR count). The van der Waals surface area contributed by atoms with Crippen LogP contribution in [0.1, 0.15) is 26.7 Å². The number of ether oxygens (including phenoxy) is 2. The van der Waals surface area contributed by atoms with E-state index in [0.717, 1.165) is 0 Å². The van der Waals surface area contributed by atoms with Gasteiger partial charge >= 0.3 is 18.4 Å². The number of Topliss-reactive ketones (excluding diaryl/α,β-unsaturated/α-hetero) is 1. The second-order valence-corrected chi connectivity index (χ2v) is 4.81. The molecule has 0 bridgehead atoms. The Hall–Kier alpha value is -2.26. The average molecular weight is 353 g/mol. The van der Waals surface area contributed by atoms with Gasteiger partial charge in [-0.1, -0.05) is 0 Å². The van der Waals surface area contributed by atoms with Crippen molar-refractivity contribution < 1.29 is 41.8 Å². The number of methoxy groups -OCH3 is 1. The molecule has 0 radical (unpaired) electrons. The number of carbonyl (C=O) groups is 3. The Morgan fingerprint density at radius 1 is 1.29 bits per heavy atom. The summed E-state index contributed by atoms with van der Waals surface area (Å²) < 4.78 is 46.3. The Morgan fingerprint density at radius 3 is 2.33 bits per heavy atom. The Balaban J connectivity index is 5.01. The average Bonchev–Trinajstić information content (AvgIpc) is 2.49. The lowest BCUT2D eigenvalue weighted by Gasteiger charge is -2.22. The van der Waals surface area contributed by atoms with E-state index in [2.05, 4.69) is 14.8 Å². The quantitative estimate of drug-likeness (QED) is 0.283. The molecule has 0 spiro atoms. The summed E-state index contributed by atoms with van der Waals surface area (Å²) >= 11 is 0. The van der Waals surface area contributed by atoms with Crippen molar-refractivity contribution in [2.45, 2.75) is 51.1 Å². The molecule has 0 aromatic carbocycles. The van der Waals surface area contributed by atoms with E-state index in [9.17, 15) is 27.6 Å². The first-order valence-electron chi connectivity index (χ1n) is 6.83. The number of hydrogen-bond donors (Lipinski definition) is 1. The van der Waals surface area contributed by atoms with Crippen molar-refractivity contribution in [2.75, 3.05) is 7.11 Å². The number of carbonyl (C=O) groups excluding carboxylic acids is 3. The summed E-state index contributed by atoms with van der Waals surface area (Å²) in [5, 5.41) is 2.16. The maximum atomic E-state index is 12.4. The zero-order chi connectivity index (χ0) is 18.9. The number of amides is 1. The maximum absolute atomic E-state index is 12.4. The van der Waals surface area contributed by atoms with Crippen molar-refractivity contribution in [3.63, 3.8) is 0 Å². The van der Waals surface area contributed by atoms with E-state index in [-0.39, 0.29) is 12.8 Å². The lowest BCUT2D eigenvalue weighted by atomic mass is 10.1. The molecule has 0 aliphatic rings. The Bertz CT molecular complexity index is 517. The minimum absolute atomic E-state index is 0.337.